The topological polar surface area (TPSA) is 162 Å². The fourth-order valence-corrected chi connectivity index (χ4v) is 11.3. The van der Waals surface area contributed by atoms with E-state index in [0.717, 1.165) is 126 Å². The number of rotatable bonds is 10. The first-order chi connectivity index (χ1) is 33.0. The Kier molecular flexibility index (Phi) is 11.9. The molecular formula is C48H54F4N14O2. The predicted molar refractivity (Wildman–Crippen MR) is 243 cm³/mol. The third kappa shape index (κ3) is 9.32. The van der Waals surface area contributed by atoms with Gasteiger partial charge in [-0.15, -0.1) is 10.2 Å². The second-order valence-corrected chi connectivity index (χ2v) is 19.1. The minimum Gasteiger partial charge on any atom is -0.482 e. The Morgan fingerprint density at radius 1 is 0.500 bits per heavy atom. The Labute approximate surface area is 390 Å². The van der Waals surface area contributed by atoms with E-state index in [1.165, 1.54) is 24.3 Å². The summed E-state index contributed by atoms with van der Waals surface area (Å²) in [5.74, 6) is 4.21. The van der Waals surface area contributed by atoms with Gasteiger partial charge < -0.3 is 29.9 Å². The summed E-state index contributed by atoms with van der Waals surface area (Å²) in [5.41, 5.74) is 1.95. The lowest BCUT2D eigenvalue weighted by Crippen LogP contribution is -2.48. The van der Waals surface area contributed by atoms with E-state index in [-0.39, 0.29) is 11.5 Å². The van der Waals surface area contributed by atoms with Crippen LogP contribution >= 0.6 is 0 Å². The third-order valence-electron chi connectivity index (χ3n) is 14.4. The van der Waals surface area contributed by atoms with E-state index in [4.69, 9.17) is 19.4 Å². The van der Waals surface area contributed by atoms with Crippen LogP contribution in [0.1, 0.15) is 86.6 Å². The highest BCUT2D eigenvalue weighted by atomic mass is 19.1. The van der Waals surface area contributed by atoms with Crippen molar-refractivity contribution in [1.29, 1.82) is 0 Å². The van der Waals surface area contributed by atoms with Crippen molar-refractivity contribution >= 4 is 23.5 Å². The van der Waals surface area contributed by atoms with Crippen LogP contribution in [0.2, 0.25) is 0 Å². The number of fused-ring (bicyclic) bond motifs is 6. The van der Waals surface area contributed by atoms with E-state index < -0.39 is 35.5 Å². The number of anilines is 4. The predicted octanol–water partition coefficient (Wildman–Crippen LogP) is 7.79. The zero-order valence-electron chi connectivity index (χ0n) is 38.0. The summed E-state index contributed by atoms with van der Waals surface area (Å²) in [6.45, 7) is 9.23. The van der Waals surface area contributed by atoms with Crippen molar-refractivity contribution in [3.05, 3.63) is 107 Å². The van der Waals surface area contributed by atoms with E-state index in [1.807, 2.05) is 35.3 Å². The zero-order chi connectivity index (χ0) is 46.5. The standard InChI is InChI=1S/2C24H27F2N7O/c2*1-14-7-21(28-13-27-14)32-11-15-4-5-16(12-32)22(15)29-24-30-23-20(3-2-6-33(23)31-24)34-19-9-17(25)8-18(26)10-19/h2*7-10,13,15-16,20,22H,2-6,11-12H2,1H3,(H,29,31)/t2*15-,16+,20-,22?/m10/s1. The summed E-state index contributed by atoms with van der Waals surface area (Å²) in [5, 5.41) is 16.6. The average Bonchev–Trinajstić information content (AvgIpc) is 4.03. The molecule has 4 fully saturated rings. The number of nitrogens with one attached hydrogen (secondary N) is 2. The summed E-state index contributed by atoms with van der Waals surface area (Å²) in [4.78, 5) is 31.6. The molecule has 2 saturated carbocycles. The number of aromatic nitrogens is 10. The molecule has 2 unspecified atom stereocenters. The van der Waals surface area contributed by atoms with Crippen molar-refractivity contribution in [3.63, 3.8) is 0 Å². The molecule has 6 aliphatic rings. The van der Waals surface area contributed by atoms with E-state index in [2.05, 4.69) is 50.6 Å². The Hall–Kier alpha value is -6.60. The fraction of sp³-hybridized carbons (Fsp3) is 0.500. The molecule has 20 heteroatoms. The van der Waals surface area contributed by atoms with Gasteiger partial charge in [-0.05, 0) is 88.9 Å². The number of hydrogen-bond donors (Lipinski definition) is 2. The maximum atomic E-state index is 13.6. The lowest BCUT2D eigenvalue weighted by atomic mass is 9.92. The molecule has 6 aromatic rings. The molecule has 4 aliphatic heterocycles. The lowest BCUT2D eigenvalue weighted by Gasteiger charge is -2.38. The molecule has 2 aliphatic carbocycles. The lowest BCUT2D eigenvalue weighted by molar-refractivity contribution is 0.154. The molecule has 0 amide bonds. The second kappa shape index (κ2) is 18.5. The van der Waals surface area contributed by atoms with Gasteiger partial charge in [0.2, 0.25) is 11.9 Å². The highest BCUT2D eigenvalue weighted by molar-refractivity contribution is 5.43. The quantitative estimate of drug-likeness (QED) is 0.128. The van der Waals surface area contributed by atoms with Crippen LogP contribution in [-0.4, -0.2) is 87.7 Å². The Morgan fingerprint density at radius 3 is 1.25 bits per heavy atom. The molecule has 16 nitrogen and oxygen atoms in total. The minimum atomic E-state index is -0.659. The van der Waals surface area contributed by atoms with Crippen molar-refractivity contribution in [2.24, 2.45) is 23.7 Å². The summed E-state index contributed by atoms with van der Waals surface area (Å²) >= 11 is 0. The summed E-state index contributed by atoms with van der Waals surface area (Å²) in [6, 6.07) is 11.2. The maximum absolute atomic E-state index is 13.6. The summed E-state index contributed by atoms with van der Waals surface area (Å²) < 4.78 is 70.0. The number of halogens is 4. The van der Waals surface area contributed by atoms with Crippen LogP contribution in [0.15, 0.2) is 61.2 Å². The van der Waals surface area contributed by atoms with Crippen molar-refractivity contribution in [2.45, 2.75) is 103 Å². The molecule has 68 heavy (non-hydrogen) atoms. The SMILES string of the molecule is Cc1cc(N2C[C@H]3CC[C@@H](C2)C3Nc2nc3n(n2)CCC[C@@H]3Oc2cc(F)cc(F)c2)ncn1.Cc1cc(N2C[C@H]3CC[C@@H](C2)C3Nc2nc3n(n2)CCC[C@H]3Oc2cc(F)cc(F)c2)ncn1. The Balaban J connectivity index is 0.000000149. The third-order valence-corrected chi connectivity index (χ3v) is 14.4. The maximum Gasteiger partial charge on any atom is 0.242 e. The number of hydrogen-bond acceptors (Lipinski definition) is 14. The molecule has 4 bridgehead atoms. The number of piperidine rings is 2. The van der Waals surface area contributed by atoms with Crippen LogP contribution in [0.3, 0.4) is 0 Å². The molecule has 4 aromatic heterocycles. The number of nitrogens with zero attached hydrogens (tertiary/aromatic N) is 12. The minimum absolute atomic E-state index is 0.166. The van der Waals surface area contributed by atoms with Crippen molar-refractivity contribution < 1.29 is 27.0 Å². The van der Waals surface area contributed by atoms with Gasteiger partial charge in [0.1, 0.15) is 59.1 Å². The molecule has 2 N–H and O–H groups in total. The molecule has 2 saturated heterocycles. The fourth-order valence-electron chi connectivity index (χ4n) is 11.3. The highest BCUT2D eigenvalue weighted by Gasteiger charge is 2.45. The van der Waals surface area contributed by atoms with Crippen molar-refractivity contribution in [2.75, 3.05) is 46.6 Å². The van der Waals surface area contributed by atoms with E-state index >= 15 is 0 Å². The molecule has 0 radical (unpaired) electrons. The summed E-state index contributed by atoms with van der Waals surface area (Å²) in [6.07, 6.45) is 10.3. The largest absolute Gasteiger partial charge is 0.482 e. The first-order valence-electron chi connectivity index (χ1n) is 23.8. The van der Waals surface area contributed by atoms with Gasteiger partial charge in [0, 0.05) is 111 Å². The first-order valence-corrected chi connectivity index (χ1v) is 23.8. The normalized spacial score (nSPS) is 25.8. The van der Waals surface area contributed by atoms with E-state index in [0.29, 0.717) is 59.3 Å². The smallest absolute Gasteiger partial charge is 0.242 e. The molecule has 0 spiro atoms. The second-order valence-electron chi connectivity index (χ2n) is 19.1. The molecule has 356 valence electrons. The van der Waals surface area contributed by atoms with Gasteiger partial charge in [-0.25, -0.2) is 46.9 Å². The van der Waals surface area contributed by atoms with Crippen LogP contribution in [0.4, 0.5) is 41.1 Å². The van der Waals surface area contributed by atoms with Gasteiger partial charge in [-0.3, -0.25) is 0 Å². The van der Waals surface area contributed by atoms with E-state index in [9.17, 15) is 17.6 Å². The summed E-state index contributed by atoms with van der Waals surface area (Å²) in [7, 11) is 0. The van der Waals surface area contributed by atoms with Crippen LogP contribution in [0, 0.1) is 60.8 Å². The first kappa shape index (κ1) is 43.9. The van der Waals surface area contributed by atoms with E-state index in [1.54, 1.807) is 12.7 Å². The van der Waals surface area contributed by atoms with Crippen molar-refractivity contribution in [1.82, 2.24) is 49.5 Å². The van der Waals surface area contributed by atoms with Crippen LogP contribution in [-0.2, 0) is 13.1 Å². The van der Waals surface area contributed by atoms with Gasteiger partial charge in [-0.2, -0.15) is 9.97 Å². The number of aryl methyl sites for hydroxylation is 4. The van der Waals surface area contributed by atoms with Gasteiger partial charge in [0.05, 0.1) is 0 Å². The van der Waals surface area contributed by atoms with Crippen LogP contribution < -0.4 is 29.9 Å². The molecule has 2 aromatic carbocycles. The molecule has 12 rings (SSSR count). The van der Waals surface area contributed by atoms with Gasteiger partial charge in [0.25, 0.3) is 0 Å². The monoisotopic (exact) mass is 934 g/mol. The van der Waals surface area contributed by atoms with Crippen LogP contribution in [0.25, 0.3) is 0 Å². The van der Waals surface area contributed by atoms with Gasteiger partial charge in [0.15, 0.2) is 23.9 Å². The van der Waals surface area contributed by atoms with Crippen molar-refractivity contribution in [3.8, 4) is 11.5 Å². The Bertz CT molecular complexity index is 2520. The number of benzene rings is 2. The van der Waals surface area contributed by atoms with Crippen LogP contribution in [0.5, 0.6) is 11.5 Å². The van der Waals surface area contributed by atoms with Gasteiger partial charge >= 0.3 is 0 Å². The molecule has 8 heterocycles. The average molecular weight is 935 g/mol. The highest BCUT2D eigenvalue weighted by Crippen LogP contribution is 2.42. The molecule has 8 atom stereocenters. The van der Waals surface area contributed by atoms with Gasteiger partial charge in [-0.1, -0.05) is 0 Å². The Morgan fingerprint density at radius 2 is 0.882 bits per heavy atom. The number of ether oxygens (including phenoxy) is 2. The molecular weight excluding hydrogens is 881 g/mol. The zero-order valence-corrected chi connectivity index (χ0v) is 38.0.